The van der Waals surface area contributed by atoms with Crippen molar-refractivity contribution in [3.05, 3.63) is 29.8 Å². The van der Waals surface area contributed by atoms with E-state index in [1.54, 1.807) is 7.05 Å². The molecule has 0 amide bonds. The standard InChI is InChI=1S/C14H23N3O.HI/c1-4-10-18-13-7-5-6-12(11-13)8-9-17-14(15-2)16-3;/h5-7,11H,4,8-10H2,1-3H3,(H2,15,16,17);1H. The van der Waals surface area contributed by atoms with Crippen LogP contribution in [0.4, 0.5) is 0 Å². The molecule has 5 heteroatoms. The average Bonchev–Trinajstić information content (AvgIpc) is 2.42. The number of aliphatic imine (C=N–C) groups is 1. The van der Waals surface area contributed by atoms with Gasteiger partial charge >= 0.3 is 0 Å². The van der Waals surface area contributed by atoms with E-state index in [4.69, 9.17) is 4.74 Å². The fourth-order valence-electron chi connectivity index (χ4n) is 1.62. The molecule has 108 valence electrons. The van der Waals surface area contributed by atoms with Gasteiger partial charge in [-0.3, -0.25) is 4.99 Å². The molecule has 1 aromatic carbocycles. The highest BCUT2D eigenvalue weighted by Crippen LogP contribution is 2.13. The maximum absolute atomic E-state index is 5.61. The van der Waals surface area contributed by atoms with E-state index in [9.17, 15) is 0 Å². The summed E-state index contributed by atoms with van der Waals surface area (Å²) in [5, 5.41) is 6.22. The molecule has 0 saturated heterocycles. The summed E-state index contributed by atoms with van der Waals surface area (Å²) in [5.41, 5.74) is 1.27. The predicted molar refractivity (Wildman–Crippen MR) is 91.8 cm³/mol. The van der Waals surface area contributed by atoms with Gasteiger partial charge in [0.05, 0.1) is 6.61 Å². The molecule has 0 aromatic heterocycles. The van der Waals surface area contributed by atoms with Crippen LogP contribution in [0.2, 0.25) is 0 Å². The molecule has 0 aliphatic heterocycles. The Hall–Kier alpha value is -0.980. The van der Waals surface area contributed by atoms with Crippen LogP contribution in [0.5, 0.6) is 5.75 Å². The maximum Gasteiger partial charge on any atom is 0.190 e. The second-order valence-corrected chi connectivity index (χ2v) is 3.99. The third-order valence-corrected chi connectivity index (χ3v) is 2.54. The number of hydrogen-bond acceptors (Lipinski definition) is 2. The summed E-state index contributed by atoms with van der Waals surface area (Å²) in [6, 6.07) is 8.24. The fourth-order valence-corrected chi connectivity index (χ4v) is 1.62. The Morgan fingerprint density at radius 2 is 2.16 bits per heavy atom. The minimum Gasteiger partial charge on any atom is -0.494 e. The Morgan fingerprint density at radius 1 is 1.37 bits per heavy atom. The van der Waals surface area contributed by atoms with Gasteiger partial charge in [0.25, 0.3) is 0 Å². The minimum absolute atomic E-state index is 0. The number of nitrogens with one attached hydrogen (secondary N) is 2. The SMILES string of the molecule is CCCOc1cccc(CCNC(=NC)NC)c1.I. The summed E-state index contributed by atoms with van der Waals surface area (Å²) in [6.45, 7) is 3.73. The van der Waals surface area contributed by atoms with Crippen LogP contribution in [0.15, 0.2) is 29.3 Å². The molecule has 0 aliphatic carbocycles. The van der Waals surface area contributed by atoms with Crippen LogP contribution in [0.25, 0.3) is 0 Å². The van der Waals surface area contributed by atoms with Crippen molar-refractivity contribution < 1.29 is 4.74 Å². The Labute approximate surface area is 133 Å². The number of rotatable bonds is 6. The molecule has 0 aliphatic rings. The lowest BCUT2D eigenvalue weighted by molar-refractivity contribution is 0.317. The van der Waals surface area contributed by atoms with Gasteiger partial charge in [-0.05, 0) is 30.5 Å². The maximum atomic E-state index is 5.61. The summed E-state index contributed by atoms with van der Waals surface area (Å²) in [4.78, 5) is 4.07. The topological polar surface area (TPSA) is 45.6 Å². The van der Waals surface area contributed by atoms with Crippen LogP contribution in [-0.2, 0) is 6.42 Å². The van der Waals surface area contributed by atoms with E-state index in [1.165, 1.54) is 5.56 Å². The van der Waals surface area contributed by atoms with Crippen LogP contribution in [-0.4, -0.2) is 33.2 Å². The van der Waals surface area contributed by atoms with E-state index in [-0.39, 0.29) is 24.0 Å². The third-order valence-electron chi connectivity index (χ3n) is 2.54. The zero-order chi connectivity index (χ0) is 13.2. The first-order valence-electron chi connectivity index (χ1n) is 6.40. The number of nitrogens with zero attached hydrogens (tertiary/aromatic N) is 1. The van der Waals surface area contributed by atoms with Gasteiger partial charge in [0.15, 0.2) is 5.96 Å². The Kier molecular flexibility index (Phi) is 10.3. The molecule has 0 heterocycles. The zero-order valence-corrected chi connectivity index (χ0v) is 14.2. The highest BCUT2D eigenvalue weighted by molar-refractivity contribution is 14.0. The van der Waals surface area contributed by atoms with Gasteiger partial charge in [0.1, 0.15) is 5.75 Å². The molecule has 0 spiro atoms. The lowest BCUT2D eigenvalue weighted by Crippen LogP contribution is -2.35. The number of guanidine groups is 1. The number of benzene rings is 1. The summed E-state index contributed by atoms with van der Waals surface area (Å²) < 4.78 is 5.61. The molecule has 19 heavy (non-hydrogen) atoms. The number of hydrogen-bond donors (Lipinski definition) is 2. The van der Waals surface area contributed by atoms with E-state index >= 15 is 0 Å². The Bertz CT molecular complexity index is 383. The minimum atomic E-state index is 0. The highest BCUT2D eigenvalue weighted by atomic mass is 127. The van der Waals surface area contributed by atoms with Gasteiger partial charge in [-0.15, -0.1) is 24.0 Å². The largest absolute Gasteiger partial charge is 0.494 e. The van der Waals surface area contributed by atoms with Crippen molar-refractivity contribution in [3.63, 3.8) is 0 Å². The Morgan fingerprint density at radius 3 is 2.79 bits per heavy atom. The summed E-state index contributed by atoms with van der Waals surface area (Å²) >= 11 is 0. The lowest BCUT2D eigenvalue weighted by atomic mass is 10.1. The number of halogens is 1. The molecule has 1 rings (SSSR count). The van der Waals surface area contributed by atoms with Crippen LogP contribution >= 0.6 is 24.0 Å². The van der Waals surface area contributed by atoms with Gasteiger partial charge in [0, 0.05) is 20.6 Å². The van der Waals surface area contributed by atoms with Crippen molar-refractivity contribution in [1.82, 2.24) is 10.6 Å². The van der Waals surface area contributed by atoms with Crippen LogP contribution in [0, 0.1) is 0 Å². The quantitative estimate of drug-likeness (QED) is 0.455. The van der Waals surface area contributed by atoms with Crippen LogP contribution in [0.1, 0.15) is 18.9 Å². The first-order valence-corrected chi connectivity index (χ1v) is 6.40. The molecule has 1 aromatic rings. The highest BCUT2D eigenvalue weighted by Gasteiger charge is 1.98. The molecule has 4 nitrogen and oxygen atoms in total. The fraction of sp³-hybridized carbons (Fsp3) is 0.500. The van der Waals surface area contributed by atoms with Crippen molar-refractivity contribution in [3.8, 4) is 5.75 Å². The van der Waals surface area contributed by atoms with Crippen molar-refractivity contribution in [1.29, 1.82) is 0 Å². The normalized spacial score (nSPS) is 10.6. The average molecular weight is 377 g/mol. The van der Waals surface area contributed by atoms with E-state index in [0.29, 0.717) is 0 Å². The van der Waals surface area contributed by atoms with Crippen LogP contribution in [0.3, 0.4) is 0 Å². The van der Waals surface area contributed by atoms with E-state index in [0.717, 1.165) is 37.7 Å². The van der Waals surface area contributed by atoms with Gasteiger partial charge in [-0.25, -0.2) is 0 Å². The summed E-state index contributed by atoms with van der Waals surface area (Å²) in [6.07, 6.45) is 1.98. The van der Waals surface area contributed by atoms with E-state index in [1.807, 2.05) is 19.2 Å². The number of ether oxygens (including phenoxy) is 1. The molecule has 2 N–H and O–H groups in total. The molecule has 0 unspecified atom stereocenters. The molecule has 0 atom stereocenters. The predicted octanol–water partition coefficient (Wildman–Crippen LogP) is 2.43. The molecular formula is C14H24IN3O. The summed E-state index contributed by atoms with van der Waals surface area (Å²) in [5.74, 6) is 1.76. The van der Waals surface area contributed by atoms with Crippen molar-refractivity contribution in [2.24, 2.45) is 4.99 Å². The van der Waals surface area contributed by atoms with E-state index in [2.05, 4.69) is 34.7 Å². The van der Waals surface area contributed by atoms with Gasteiger partial charge < -0.3 is 15.4 Å². The van der Waals surface area contributed by atoms with Gasteiger partial charge in [-0.2, -0.15) is 0 Å². The zero-order valence-electron chi connectivity index (χ0n) is 11.9. The monoisotopic (exact) mass is 377 g/mol. The van der Waals surface area contributed by atoms with Crippen molar-refractivity contribution in [2.45, 2.75) is 19.8 Å². The van der Waals surface area contributed by atoms with Crippen molar-refractivity contribution >= 4 is 29.9 Å². The van der Waals surface area contributed by atoms with Crippen LogP contribution < -0.4 is 15.4 Å². The lowest BCUT2D eigenvalue weighted by Gasteiger charge is -2.09. The second-order valence-electron chi connectivity index (χ2n) is 3.99. The summed E-state index contributed by atoms with van der Waals surface area (Å²) in [7, 11) is 3.62. The Balaban J connectivity index is 0.00000324. The molecule has 0 bridgehead atoms. The third kappa shape index (κ3) is 7.25. The van der Waals surface area contributed by atoms with Crippen molar-refractivity contribution in [2.75, 3.05) is 27.2 Å². The second kappa shape index (κ2) is 10.9. The van der Waals surface area contributed by atoms with Gasteiger partial charge in [0.2, 0.25) is 0 Å². The molecular weight excluding hydrogens is 353 g/mol. The van der Waals surface area contributed by atoms with Gasteiger partial charge in [-0.1, -0.05) is 19.1 Å². The smallest absolute Gasteiger partial charge is 0.190 e. The van der Waals surface area contributed by atoms with E-state index < -0.39 is 0 Å². The molecule has 0 fully saturated rings. The molecule has 0 radical (unpaired) electrons. The first-order chi connectivity index (χ1) is 8.80. The molecule has 0 saturated carbocycles. The first kappa shape index (κ1) is 18.0.